The van der Waals surface area contributed by atoms with Gasteiger partial charge in [0.1, 0.15) is 0 Å². The second-order valence-electron chi connectivity index (χ2n) is 3.58. The van der Waals surface area contributed by atoms with E-state index in [1.165, 1.54) is 24.2 Å². The van der Waals surface area contributed by atoms with E-state index in [4.69, 9.17) is 0 Å². The summed E-state index contributed by atoms with van der Waals surface area (Å²) in [7, 11) is 0. The second-order valence-corrected chi connectivity index (χ2v) is 4.44. The van der Waals surface area contributed by atoms with E-state index in [9.17, 15) is 4.79 Å². The molecular formula is C9H14N2OS. The lowest BCUT2D eigenvalue weighted by Gasteiger charge is -2.20. The van der Waals surface area contributed by atoms with Gasteiger partial charge in [-0.05, 0) is 19.8 Å². The molecule has 4 heteroatoms. The van der Waals surface area contributed by atoms with Gasteiger partial charge in [0.2, 0.25) is 0 Å². The third-order valence-electron chi connectivity index (χ3n) is 2.67. The lowest BCUT2D eigenvalue weighted by Crippen LogP contribution is -2.32. The van der Waals surface area contributed by atoms with Crippen LogP contribution in [-0.2, 0) is 6.67 Å². The van der Waals surface area contributed by atoms with Crippen molar-refractivity contribution in [2.45, 2.75) is 32.5 Å². The molecule has 0 N–H and O–H groups in total. The first-order valence-corrected chi connectivity index (χ1v) is 5.53. The van der Waals surface area contributed by atoms with Crippen LogP contribution >= 0.6 is 11.3 Å². The van der Waals surface area contributed by atoms with Gasteiger partial charge in [-0.15, -0.1) is 0 Å². The molecule has 1 aromatic rings. The summed E-state index contributed by atoms with van der Waals surface area (Å²) in [4.78, 5) is 13.8. The summed E-state index contributed by atoms with van der Waals surface area (Å²) < 4.78 is 1.78. The van der Waals surface area contributed by atoms with Crippen molar-refractivity contribution in [1.29, 1.82) is 0 Å². The van der Waals surface area contributed by atoms with Crippen molar-refractivity contribution in [2.24, 2.45) is 0 Å². The van der Waals surface area contributed by atoms with Crippen LogP contribution in [0.1, 0.15) is 19.8 Å². The molecule has 0 amide bonds. The van der Waals surface area contributed by atoms with Crippen LogP contribution < -0.4 is 4.87 Å². The van der Waals surface area contributed by atoms with Gasteiger partial charge in [-0.3, -0.25) is 14.3 Å². The first-order chi connectivity index (χ1) is 6.27. The predicted octanol–water partition coefficient (Wildman–Crippen LogP) is 1.35. The third-order valence-corrected chi connectivity index (χ3v) is 3.36. The Hall–Kier alpha value is -0.610. The Labute approximate surface area is 81.6 Å². The molecule has 1 aliphatic heterocycles. The van der Waals surface area contributed by atoms with Gasteiger partial charge in [-0.25, -0.2) is 0 Å². The largest absolute Gasteiger partial charge is 0.308 e. The van der Waals surface area contributed by atoms with Gasteiger partial charge in [-0.2, -0.15) is 0 Å². The molecule has 0 radical (unpaired) electrons. The first kappa shape index (κ1) is 8.97. The van der Waals surface area contributed by atoms with E-state index in [2.05, 4.69) is 11.8 Å². The van der Waals surface area contributed by atoms with Crippen molar-refractivity contribution in [3.05, 3.63) is 21.2 Å². The molecular weight excluding hydrogens is 184 g/mol. The van der Waals surface area contributed by atoms with Gasteiger partial charge in [-0.1, -0.05) is 11.3 Å². The Morgan fingerprint density at radius 2 is 2.54 bits per heavy atom. The average molecular weight is 198 g/mol. The average Bonchev–Trinajstić information content (AvgIpc) is 2.65. The first-order valence-electron chi connectivity index (χ1n) is 4.65. The molecule has 2 rings (SSSR count). The van der Waals surface area contributed by atoms with Gasteiger partial charge in [0.15, 0.2) is 0 Å². The zero-order chi connectivity index (χ0) is 9.26. The lowest BCUT2D eigenvalue weighted by atomic mass is 10.2. The highest BCUT2D eigenvalue weighted by Gasteiger charge is 2.20. The van der Waals surface area contributed by atoms with Crippen molar-refractivity contribution < 1.29 is 0 Å². The maximum atomic E-state index is 11.3. The van der Waals surface area contributed by atoms with Gasteiger partial charge in [0, 0.05) is 24.2 Å². The third kappa shape index (κ3) is 1.84. The Balaban J connectivity index is 2.06. The minimum absolute atomic E-state index is 0.152. The van der Waals surface area contributed by atoms with Gasteiger partial charge >= 0.3 is 4.87 Å². The van der Waals surface area contributed by atoms with Gasteiger partial charge < -0.3 is 0 Å². The highest BCUT2D eigenvalue weighted by atomic mass is 32.1. The van der Waals surface area contributed by atoms with E-state index >= 15 is 0 Å². The molecule has 3 nitrogen and oxygen atoms in total. The van der Waals surface area contributed by atoms with E-state index in [1.54, 1.807) is 4.57 Å². The minimum Gasteiger partial charge on any atom is -0.292 e. The Morgan fingerprint density at radius 3 is 3.08 bits per heavy atom. The van der Waals surface area contributed by atoms with Crippen molar-refractivity contribution in [3.8, 4) is 0 Å². The fourth-order valence-corrected chi connectivity index (χ4v) is 2.37. The Morgan fingerprint density at radius 1 is 1.69 bits per heavy atom. The molecule has 1 saturated heterocycles. The van der Waals surface area contributed by atoms with Crippen LogP contribution in [0.4, 0.5) is 0 Å². The van der Waals surface area contributed by atoms with Crippen molar-refractivity contribution in [3.63, 3.8) is 0 Å². The number of hydrogen-bond donors (Lipinski definition) is 0. The van der Waals surface area contributed by atoms with Crippen LogP contribution in [0, 0.1) is 0 Å². The Bertz CT molecular complexity index is 330. The monoisotopic (exact) mass is 198 g/mol. The summed E-state index contributed by atoms with van der Waals surface area (Å²) in [6.07, 6.45) is 4.40. The normalized spacial score (nSPS) is 23.9. The summed E-state index contributed by atoms with van der Waals surface area (Å²) in [5, 5.41) is 1.85. The van der Waals surface area contributed by atoms with Crippen molar-refractivity contribution in [1.82, 2.24) is 9.47 Å². The second kappa shape index (κ2) is 3.64. The molecule has 0 aliphatic carbocycles. The van der Waals surface area contributed by atoms with Crippen LogP contribution in [0.3, 0.4) is 0 Å². The van der Waals surface area contributed by atoms with Crippen molar-refractivity contribution >= 4 is 11.3 Å². The maximum Gasteiger partial charge on any atom is 0.308 e. The fraction of sp³-hybridized carbons (Fsp3) is 0.667. The Kier molecular flexibility index (Phi) is 2.51. The SMILES string of the molecule is CC1CCCN1Cn1ccsc1=O. The van der Waals surface area contributed by atoms with Gasteiger partial charge in [0.05, 0.1) is 6.67 Å². The molecule has 1 aromatic heterocycles. The number of thiazole rings is 1. The van der Waals surface area contributed by atoms with E-state index in [0.29, 0.717) is 6.04 Å². The van der Waals surface area contributed by atoms with Crippen LogP contribution in [0.15, 0.2) is 16.4 Å². The summed E-state index contributed by atoms with van der Waals surface area (Å²) in [5.41, 5.74) is 0. The number of nitrogens with zero attached hydrogens (tertiary/aromatic N) is 2. The zero-order valence-electron chi connectivity index (χ0n) is 7.77. The molecule has 1 fully saturated rings. The zero-order valence-corrected chi connectivity index (χ0v) is 8.59. The predicted molar refractivity (Wildman–Crippen MR) is 54.0 cm³/mol. The van der Waals surface area contributed by atoms with E-state index in [1.807, 2.05) is 11.6 Å². The fourth-order valence-electron chi connectivity index (χ4n) is 1.79. The van der Waals surface area contributed by atoms with E-state index in [0.717, 1.165) is 13.2 Å². The number of rotatable bonds is 2. The van der Waals surface area contributed by atoms with Crippen LogP contribution in [-0.4, -0.2) is 22.1 Å². The molecule has 1 atom stereocenters. The van der Waals surface area contributed by atoms with Crippen LogP contribution in [0.2, 0.25) is 0 Å². The summed E-state index contributed by atoms with van der Waals surface area (Å²) in [5.74, 6) is 0. The van der Waals surface area contributed by atoms with E-state index < -0.39 is 0 Å². The maximum absolute atomic E-state index is 11.3. The molecule has 1 unspecified atom stereocenters. The number of aromatic nitrogens is 1. The number of likely N-dealkylation sites (tertiary alicyclic amines) is 1. The van der Waals surface area contributed by atoms with Crippen LogP contribution in [0.5, 0.6) is 0 Å². The molecule has 13 heavy (non-hydrogen) atoms. The molecule has 0 aromatic carbocycles. The van der Waals surface area contributed by atoms with Crippen LogP contribution in [0.25, 0.3) is 0 Å². The summed E-state index contributed by atoms with van der Waals surface area (Å²) in [6, 6.07) is 0.631. The highest BCUT2D eigenvalue weighted by Crippen LogP contribution is 2.16. The quantitative estimate of drug-likeness (QED) is 0.716. The molecule has 2 heterocycles. The summed E-state index contributed by atoms with van der Waals surface area (Å²) >= 11 is 1.27. The number of hydrogen-bond acceptors (Lipinski definition) is 3. The topological polar surface area (TPSA) is 25.2 Å². The molecule has 1 aliphatic rings. The van der Waals surface area contributed by atoms with E-state index in [-0.39, 0.29) is 4.87 Å². The smallest absolute Gasteiger partial charge is 0.292 e. The van der Waals surface area contributed by atoms with Gasteiger partial charge in [0.25, 0.3) is 0 Å². The summed E-state index contributed by atoms with van der Waals surface area (Å²) in [6.45, 7) is 4.12. The minimum atomic E-state index is 0.152. The molecule has 0 saturated carbocycles. The molecule has 0 spiro atoms. The van der Waals surface area contributed by atoms with Crippen molar-refractivity contribution in [2.75, 3.05) is 6.54 Å². The standard InChI is InChI=1S/C9H14N2OS/c1-8-3-2-4-10(8)7-11-5-6-13-9(11)12/h5-6,8H,2-4,7H2,1H3. The molecule has 0 bridgehead atoms. The lowest BCUT2D eigenvalue weighted by molar-refractivity contribution is 0.211. The highest BCUT2D eigenvalue weighted by molar-refractivity contribution is 7.07. The molecule has 72 valence electrons.